The number of halogens is 2. The summed E-state index contributed by atoms with van der Waals surface area (Å²) in [6, 6.07) is 3.51. The molecule has 23 heavy (non-hydrogen) atoms. The number of hydrogen-bond acceptors (Lipinski definition) is 4. The van der Waals surface area contributed by atoms with Gasteiger partial charge in [-0.15, -0.1) is 0 Å². The van der Waals surface area contributed by atoms with Gasteiger partial charge < -0.3 is 9.15 Å². The molecular formula is C16H18BrClN2O3. The summed E-state index contributed by atoms with van der Waals surface area (Å²) in [4.78, 5) is 18.4. The molecule has 0 aliphatic carbocycles. The van der Waals surface area contributed by atoms with Crippen molar-refractivity contribution in [3.05, 3.63) is 27.5 Å². The highest BCUT2D eigenvalue weighted by atomic mass is 79.9. The van der Waals surface area contributed by atoms with Crippen molar-refractivity contribution in [2.75, 3.05) is 6.54 Å². The van der Waals surface area contributed by atoms with Crippen LogP contribution < -0.4 is 0 Å². The lowest BCUT2D eigenvalue weighted by Gasteiger charge is -2.27. The molecule has 0 bridgehead atoms. The second kappa shape index (κ2) is 5.98. The van der Waals surface area contributed by atoms with E-state index in [1.54, 1.807) is 11.0 Å². The maximum absolute atomic E-state index is 12.4. The molecular weight excluding hydrogens is 384 g/mol. The predicted molar refractivity (Wildman–Crippen MR) is 91.6 cm³/mol. The Bertz CT molecular complexity index is 715. The number of carbonyl (C=O) groups is 1. The van der Waals surface area contributed by atoms with Gasteiger partial charge in [-0.1, -0.05) is 11.6 Å². The van der Waals surface area contributed by atoms with Gasteiger partial charge in [-0.3, -0.25) is 4.90 Å². The largest absolute Gasteiger partial charge is 0.457 e. The number of carbonyl (C=O) groups excluding carboxylic acids is 1. The van der Waals surface area contributed by atoms with Crippen LogP contribution in [0.3, 0.4) is 0 Å². The summed E-state index contributed by atoms with van der Waals surface area (Å²) in [5.74, 6) is 0.713. The van der Waals surface area contributed by atoms with Crippen LogP contribution in [0.5, 0.6) is 0 Å². The van der Waals surface area contributed by atoms with Crippen molar-refractivity contribution in [1.82, 2.24) is 9.88 Å². The van der Waals surface area contributed by atoms with Gasteiger partial charge >= 0.3 is 6.09 Å². The molecule has 7 heteroatoms. The Morgan fingerprint density at radius 2 is 2.22 bits per heavy atom. The maximum atomic E-state index is 12.4. The van der Waals surface area contributed by atoms with Crippen LogP contribution in [0.2, 0.25) is 5.15 Å². The van der Waals surface area contributed by atoms with E-state index in [0.717, 1.165) is 12.8 Å². The van der Waals surface area contributed by atoms with Crippen molar-refractivity contribution in [3.8, 4) is 0 Å². The fraction of sp³-hybridized carbons (Fsp3) is 0.500. The molecule has 0 spiro atoms. The van der Waals surface area contributed by atoms with Crippen LogP contribution in [0.15, 0.2) is 21.0 Å². The third-order valence-electron chi connectivity index (χ3n) is 3.64. The van der Waals surface area contributed by atoms with Crippen molar-refractivity contribution in [1.29, 1.82) is 0 Å². The summed E-state index contributed by atoms with van der Waals surface area (Å²) >= 11 is 9.36. The Hall–Kier alpha value is -1.27. The molecule has 2 aromatic heterocycles. The number of likely N-dealkylation sites (tertiary alicyclic amines) is 1. The van der Waals surface area contributed by atoms with Gasteiger partial charge in [0.1, 0.15) is 22.0 Å². The van der Waals surface area contributed by atoms with Crippen LogP contribution in [-0.4, -0.2) is 28.1 Å². The van der Waals surface area contributed by atoms with Gasteiger partial charge in [-0.05, 0) is 49.5 Å². The molecule has 1 aliphatic heterocycles. The molecule has 0 N–H and O–H groups in total. The first-order valence-corrected chi connectivity index (χ1v) is 8.67. The summed E-state index contributed by atoms with van der Waals surface area (Å²) in [5.41, 5.74) is 0.814. The van der Waals surface area contributed by atoms with E-state index in [0.29, 0.717) is 33.0 Å². The molecule has 2 aromatic rings. The SMILES string of the molecule is CC(C)(C)OC(=O)N1CCCC1c1cc2nc(Cl)c(Br)cc2o1. The van der Waals surface area contributed by atoms with Gasteiger partial charge in [-0.2, -0.15) is 0 Å². The Balaban J connectivity index is 1.89. The van der Waals surface area contributed by atoms with E-state index < -0.39 is 5.60 Å². The highest BCUT2D eigenvalue weighted by molar-refractivity contribution is 9.10. The van der Waals surface area contributed by atoms with Crippen LogP contribution in [-0.2, 0) is 4.74 Å². The molecule has 1 fully saturated rings. The van der Waals surface area contributed by atoms with Crippen molar-refractivity contribution >= 4 is 44.7 Å². The van der Waals surface area contributed by atoms with E-state index in [2.05, 4.69) is 20.9 Å². The third kappa shape index (κ3) is 3.48. The minimum Gasteiger partial charge on any atom is -0.457 e. The average molecular weight is 402 g/mol. The average Bonchev–Trinajstić information content (AvgIpc) is 3.03. The van der Waals surface area contributed by atoms with Gasteiger partial charge in [0.25, 0.3) is 0 Å². The summed E-state index contributed by atoms with van der Waals surface area (Å²) < 4.78 is 12.1. The highest BCUT2D eigenvalue weighted by Gasteiger charge is 2.35. The zero-order valence-electron chi connectivity index (χ0n) is 13.2. The minimum absolute atomic E-state index is 0.128. The highest BCUT2D eigenvalue weighted by Crippen LogP contribution is 2.37. The number of furan rings is 1. The zero-order valence-corrected chi connectivity index (χ0v) is 15.6. The van der Waals surface area contributed by atoms with E-state index in [-0.39, 0.29) is 12.1 Å². The summed E-state index contributed by atoms with van der Waals surface area (Å²) in [5, 5.41) is 0.389. The second-order valence-electron chi connectivity index (χ2n) is 6.62. The Morgan fingerprint density at radius 1 is 1.48 bits per heavy atom. The number of rotatable bonds is 1. The number of nitrogens with zero attached hydrogens (tertiary/aromatic N) is 2. The molecule has 3 heterocycles. The first kappa shape index (κ1) is 16.6. The van der Waals surface area contributed by atoms with Gasteiger partial charge in [-0.25, -0.2) is 9.78 Å². The van der Waals surface area contributed by atoms with Gasteiger partial charge in [0.05, 0.1) is 10.5 Å². The number of hydrogen-bond donors (Lipinski definition) is 0. The third-order valence-corrected chi connectivity index (χ3v) is 4.76. The first-order valence-electron chi connectivity index (χ1n) is 7.50. The molecule has 1 aliphatic rings. The van der Waals surface area contributed by atoms with Crippen LogP contribution in [0.1, 0.15) is 45.4 Å². The van der Waals surface area contributed by atoms with E-state index in [4.69, 9.17) is 20.8 Å². The van der Waals surface area contributed by atoms with Gasteiger partial charge in [0.15, 0.2) is 5.58 Å². The Kier molecular flexibility index (Phi) is 4.31. The molecule has 0 radical (unpaired) electrons. The number of pyridine rings is 1. The molecule has 1 saturated heterocycles. The van der Waals surface area contributed by atoms with Crippen LogP contribution in [0.4, 0.5) is 4.79 Å². The first-order chi connectivity index (χ1) is 10.7. The number of ether oxygens (including phenoxy) is 1. The predicted octanol–water partition coefficient (Wildman–Crippen LogP) is 5.32. The molecule has 1 amide bonds. The molecule has 0 aromatic carbocycles. The lowest BCUT2D eigenvalue weighted by molar-refractivity contribution is 0.0209. The second-order valence-corrected chi connectivity index (χ2v) is 7.84. The van der Waals surface area contributed by atoms with Crippen LogP contribution in [0.25, 0.3) is 11.1 Å². The van der Waals surface area contributed by atoms with Gasteiger partial charge in [0, 0.05) is 18.7 Å². The quantitative estimate of drug-likeness (QED) is 0.607. The zero-order chi connectivity index (χ0) is 16.8. The van der Waals surface area contributed by atoms with Gasteiger partial charge in [0.2, 0.25) is 0 Å². The minimum atomic E-state index is -0.516. The van der Waals surface area contributed by atoms with Crippen LogP contribution in [0, 0.1) is 0 Å². The van der Waals surface area contributed by atoms with Crippen LogP contribution >= 0.6 is 27.5 Å². The van der Waals surface area contributed by atoms with Crippen molar-refractivity contribution in [3.63, 3.8) is 0 Å². The maximum Gasteiger partial charge on any atom is 0.410 e. The molecule has 1 unspecified atom stereocenters. The molecule has 1 atom stereocenters. The smallest absolute Gasteiger partial charge is 0.410 e. The summed E-state index contributed by atoms with van der Waals surface area (Å²) in [7, 11) is 0. The molecule has 0 saturated carbocycles. The number of aromatic nitrogens is 1. The fourth-order valence-corrected chi connectivity index (χ4v) is 3.15. The fourth-order valence-electron chi connectivity index (χ4n) is 2.70. The number of amides is 1. The van der Waals surface area contributed by atoms with Crippen molar-refractivity contribution < 1.29 is 13.9 Å². The summed E-state index contributed by atoms with van der Waals surface area (Å²) in [6.07, 6.45) is 1.44. The number of fused-ring (bicyclic) bond motifs is 1. The Morgan fingerprint density at radius 3 is 2.91 bits per heavy atom. The van der Waals surface area contributed by atoms with Crippen molar-refractivity contribution in [2.45, 2.75) is 45.3 Å². The Labute approximate surface area is 148 Å². The van der Waals surface area contributed by atoms with E-state index in [1.807, 2.05) is 26.8 Å². The lowest BCUT2D eigenvalue weighted by Crippen LogP contribution is -2.36. The van der Waals surface area contributed by atoms with E-state index in [9.17, 15) is 4.79 Å². The topological polar surface area (TPSA) is 55.6 Å². The normalized spacial score (nSPS) is 18.7. The molecule has 124 valence electrons. The summed E-state index contributed by atoms with van der Waals surface area (Å²) in [6.45, 7) is 6.25. The molecule has 5 nitrogen and oxygen atoms in total. The lowest BCUT2D eigenvalue weighted by atomic mass is 10.1. The van der Waals surface area contributed by atoms with E-state index >= 15 is 0 Å². The van der Waals surface area contributed by atoms with E-state index in [1.165, 1.54) is 0 Å². The standard InChI is InChI=1S/C16H18BrClN2O3/c1-16(2,3)23-15(21)20-6-4-5-11(20)13-8-10-12(22-13)7-9(17)14(18)19-10/h7-8,11H,4-6H2,1-3H3. The van der Waals surface area contributed by atoms with Crippen molar-refractivity contribution in [2.24, 2.45) is 0 Å². The monoisotopic (exact) mass is 400 g/mol. The molecule has 3 rings (SSSR count).